The molecule has 0 N–H and O–H groups in total. The Labute approximate surface area is 137 Å². The van der Waals surface area contributed by atoms with Crippen LogP contribution in [0.2, 0.25) is 0 Å². The minimum absolute atomic E-state index is 0.0929. The molecule has 2 atom stereocenters. The van der Waals surface area contributed by atoms with Gasteiger partial charge in [-0.15, -0.1) is 0 Å². The lowest BCUT2D eigenvalue weighted by Crippen LogP contribution is -2.29. The van der Waals surface area contributed by atoms with Gasteiger partial charge in [0.15, 0.2) is 0 Å². The Hall–Kier alpha value is -1.00. The van der Waals surface area contributed by atoms with Gasteiger partial charge in [0, 0.05) is 25.6 Å². The van der Waals surface area contributed by atoms with Crippen molar-refractivity contribution in [1.29, 1.82) is 0 Å². The van der Waals surface area contributed by atoms with E-state index in [2.05, 4.69) is 0 Å². The summed E-state index contributed by atoms with van der Waals surface area (Å²) in [4.78, 5) is 2.03. The molecule has 7 nitrogen and oxygen atoms in total. The summed E-state index contributed by atoms with van der Waals surface area (Å²) in [5, 5.41) is 0. The van der Waals surface area contributed by atoms with E-state index in [9.17, 15) is 16.8 Å². The fourth-order valence-corrected chi connectivity index (χ4v) is 3.69. The Balaban J connectivity index is 2.04. The molecule has 0 aliphatic carbocycles. The lowest BCUT2D eigenvalue weighted by atomic mass is 10.1. The van der Waals surface area contributed by atoms with Crippen molar-refractivity contribution in [2.45, 2.75) is 12.6 Å². The average molecular weight is 363 g/mol. The Morgan fingerprint density at radius 3 is 2.26 bits per heavy atom. The van der Waals surface area contributed by atoms with Crippen molar-refractivity contribution in [1.82, 2.24) is 4.90 Å². The van der Waals surface area contributed by atoms with Crippen molar-refractivity contribution in [2.75, 3.05) is 32.2 Å². The summed E-state index contributed by atoms with van der Waals surface area (Å²) in [6.07, 6.45) is 1.34. The van der Waals surface area contributed by atoms with E-state index < -0.39 is 26.3 Å². The molecule has 1 aliphatic rings. The summed E-state index contributed by atoms with van der Waals surface area (Å²) in [6.45, 7) is 1.45. The molecule has 23 heavy (non-hydrogen) atoms. The fraction of sp³-hybridized carbons (Fsp3) is 0.571. The second kappa shape index (κ2) is 7.27. The highest BCUT2D eigenvalue weighted by atomic mass is 32.2. The second-order valence-corrected chi connectivity index (χ2v) is 9.01. The molecule has 1 heterocycles. The lowest BCUT2D eigenvalue weighted by Gasteiger charge is -2.16. The van der Waals surface area contributed by atoms with Crippen LogP contribution < -0.4 is 0 Å². The SMILES string of the molecule is CS(=O)(=O)OCC1CN(Cc2ccccc2)CC1OS(C)(=O)=O. The first kappa shape index (κ1) is 18.3. The molecule has 2 unspecified atom stereocenters. The molecule has 1 aromatic carbocycles. The maximum atomic E-state index is 11.4. The standard InChI is InChI=1S/C14H21NO6S2/c1-22(16,17)20-11-13-9-15(8-12-6-4-3-5-7-12)10-14(13)21-23(2,18)19/h3-7,13-14H,8-11H2,1-2H3. The van der Waals surface area contributed by atoms with E-state index in [-0.39, 0.29) is 12.5 Å². The van der Waals surface area contributed by atoms with Crippen LogP contribution in [0.25, 0.3) is 0 Å². The predicted molar refractivity (Wildman–Crippen MR) is 85.7 cm³/mol. The Morgan fingerprint density at radius 1 is 1.04 bits per heavy atom. The molecule has 0 radical (unpaired) electrons. The molecule has 1 aromatic rings. The highest BCUT2D eigenvalue weighted by molar-refractivity contribution is 7.86. The number of likely N-dealkylation sites (tertiary alicyclic amines) is 1. The highest BCUT2D eigenvalue weighted by Crippen LogP contribution is 2.24. The predicted octanol–water partition coefficient (Wildman–Crippen LogP) is 0.439. The maximum absolute atomic E-state index is 11.4. The van der Waals surface area contributed by atoms with Gasteiger partial charge in [0.1, 0.15) is 0 Å². The van der Waals surface area contributed by atoms with E-state index in [1.165, 1.54) is 0 Å². The van der Waals surface area contributed by atoms with E-state index in [4.69, 9.17) is 8.37 Å². The van der Waals surface area contributed by atoms with Crippen LogP contribution in [0.5, 0.6) is 0 Å². The summed E-state index contributed by atoms with van der Waals surface area (Å²) in [5.41, 5.74) is 1.09. The quantitative estimate of drug-likeness (QED) is 0.649. The number of rotatable bonds is 7. The van der Waals surface area contributed by atoms with Crippen molar-refractivity contribution in [3.8, 4) is 0 Å². The van der Waals surface area contributed by atoms with Crippen LogP contribution in [0.3, 0.4) is 0 Å². The third-order valence-electron chi connectivity index (χ3n) is 3.50. The summed E-state index contributed by atoms with van der Waals surface area (Å²) in [5.74, 6) is -0.330. The van der Waals surface area contributed by atoms with Gasteiger partial charge in [-0.2, -0.15) is 16.8 Å². The Morgan fingerprint density at radius 2 is 1.70 bits per heavy atom. The minimum Gasteiger partial charge on any atom is -0.296 e. The topological polar surface area (TPSA) is 90.0 Å². The van der Waals surface area contributed by atoms with E-state index >= 15 is 0 Å². The van der Waals surface area contributed by atoms with Gasteiger partial charge in [-0.25, -0.2) is 0 Å². The molecule has 1 aliphatic heterocycles. The zero-order chi connectivity index (χ0) is 17.1. The third kappa shape index (κ3) is 6.56. The molecule has 0 saturated carbocycles. The molecule has 1 saturated heterocycles. The minimum atomic E-state index is -3.62. The maximum Gasteiger partial charge on any atom is 0.264 e. The van der Waals surface area contributed by atoms with Gasteiger partial charge in [0.25, 0.3) is 20.2 Å². The van der Waals surface area contributed by atoms with E-state index in [1.807, 2.05) is 35.2 Å². The van der Waals surface area contributed by atoms with Crippen molar-refractivity contribution in [3.63, 3.8) is 0 Å². The van der Waals surface area contributed by atoms with Gasteiger partial charge in [-0.3, -0.25) is 13.3 Å². The van der Waals surface area contributed by atoms with Crippen LogP contribution in [-0.4, -0.2) is 60.0 Å². The largest absolute Gasteiger partial charge is 0.296 e. The van der Waals surface area contributed by atoms with E-state index in [1.54, 1.807) is 0 Å². The molecule has 9 heteroatoms. The van der Waals surface area contributed by atoms with Crippen LogP contribution in [0.15, 0.2) is 30.3 Å². The molecule has 1 fully saturated rings. The van der Waals surface area contributed by atoms with Gasteiger partial charge < -0.3 is 0 Å². The number of nitrogens with zero attached hydrogens (tertiary/aromatic N) is 1. The molecule has 130 valence electrons. The lowest BCUT2D eigenvalue weighted by molar-refractivity contribution is 0.141. The summed E-state index contributed by atoms with van der Waals surface area (Å²) in [6, 6.07) is 9.74. The summed E-state index contributed by atoms with van der Waals surface area (Å²) < 4.78 is 55.0. The zero-order valence-corrected chi connectivity index (χ0v) is 14.7. The average Bonchev–Trinajstić information content (AvgIpc) is 2.76. The van der Waals surface area contributed by atoms with Crippen LogP contribution in [0.4, 0.5) is 0 Å². The van der Waals surface area contributed by atoms with Gasteiger partial charge in [0.2, 0.25) is 0 Å². The monoisotopic (exact) mass is 363 g/mol. The fourth-order valence-electron chi connectivity index (χ4n) is 2.60. The van der Waals surface area contributed by atoms with Crippen molar-refractivity contribution >= 4 is 20.2 Å². The van der Waals surface area contributed by atoms with Crippen LogP contribution in [0, 0.1) is 5.92 Å². The van der Waals surface area contributed by atoms with Crippen molar-refractivity contribution in [2.24, 2.45) is 5.92 Å². The van der Waals surface area contributed by atoms with Crippen molar-refractivity contribution in [3.05, 3.63) is 35.9 Å². The normalized spacial score (nSPS) is 23.2. The van der Waals surface area contributed by atoms with Gasteiger partial charge >= 0.3 is 0 Å². The van der Waals surface area contributed by atoms with Gasteiger partial charge in [-0.1, -0.05) is 30.3 Å². The zero-order valence-electron chi connectivity index (χ0n) is 13.1. The van der Waals surface area contributed by atoms with E-state index in [0.717, 1.165) is 18.1 Å². The molecule has 0 spiro atoms. The van der Waals surface area contributed by atoms with Crippen LogP contribution >= 0.6 is 0 Å². The highest BCUT2D eigenvalue weighted by Gasteiger charge is 2.36. The van der Waals surface area contributed by atoms with Crippen LogP contribution in [-0.2, 0) is 35.1 Å². The molecular weight excluding hydrogens is 342 g/mol. The first-order valence-corrected chi connectivity index (χ1v) is 10.7. The summed E-state index contributed by atoms with van der Waals surface area (Å²) >= 11 is 0. The second-order valence-electron chi connectivity index (χ2n) is 5.77. The Bertz CT molecular complexity index is 717. The first-order valence-electron chi connectivity index (χ1n) is 7.11. The number of benzene rings is 1. The van der Waals surface area contributed by atoms with Gasteiger partial charge in [0.05, 0.1) is 25.2 Å². The first-order chi connectivity index (χ1) is 10.6. The molecule has 0 amide bonds. The number of hydrogen-bond acceptors (Lipinski definition) is 7. The molecule has 0 bridgehead atoms. The number of hydrogen-bond donors (Lipinski definition) is 0. The van der Waals surface area contributed by atoms with E-state index in [0.29, 0.717) is 19.6 Å². The Kier molecular flexibility index (Phi) is 5.79. The van der Waals surface area contributed by atoms with Gasteiger partial charge in [-0.05, 0) is 5.56 Å². The smallest absolute Gasteiger partial charge is 0.264 e. The molecular formula is C14H21NO6S2. The third-order valence-corrected chi connectivity index (χ3v) is 4.66. The molecule has 0 aromatic heterocycles. The van der Waals surface area contributed by atoms with Crippen LogP contribution in [0.1, 0.15) is 5.56 Å². The van der Waals surface area contributed by atoms with Crippen molar-refractivity contribution < 1.29 is 25.2 Å². The summed E-state index contributed by atoms with van der Waals surface area (Å²) in [7, 11) is -7.20. The molecule has 2 rings (SSSR count).